The zero-order valence-electron chi connectivity index (χ0n) is 10.2. The number of aromatic amines is 1. The molecular formula is C13H18N2O2. The molecule has 0 aromatic carbocycles. The SMILES string of the molecule is COC(c1nc2c(c(=O)[nH]1)CCCC2)C1CC1. The summed E-state index contributed by atoms with van der Waals surface area (Å²) in [5.74, 6) is 1.28. The molecule has 1 N–H and O–H groups in total. The van der Waals surface area contributed by atoms with Gasteiger partial charge in [0.05, 0.1) is 5.69 Å². The van der Waals surface area contributed by atoms with Crippen molar-refractivity contribution >= 4 is 0 Å². The number of hydrogen-bond donors (Lipinski definition) is 1. The third kappa shape index (κ3) is 2.02. The van der Waals surface area contributed by atoms with E-state index >= 15 is 0 Å². The van der Waals surface area contributed by atoms with Crippen molar-refractivity contribution in [2.75, 3.05) is 7.11 Å². The van der Waals surface area contributed by atoms with Crippen molar-refractivity contribution in [1.82, 2.24) is 9.97 Å². The standard InChI is InChI=1S/C13H18N2O2/c1-17-11(8-6-7-8)12-14-10-5-3-2-4-9(10)13(16)15-12/h8,11H,2-7H2,1H3,(H,14,15,16). The first kappa shape index (κ1) is 11.0. The molecule has 1 fully saturated rings. The minimum Gasteiger partial charge on any atom is -0.373 e. The summed E-state index contributed by atoms with van der Waals surface area (Å²) in [7, 11) is 1.70. The zero-order chi connectivity index (χ0) is 11.8. The highest BCUT2D eigenvalue weighted by Gasteiger charge is 2.34. The maximum Gasteiger partial charge on any atom is 0.254 e. The molecule has 1 unspecified atom stereocenters. The van der Waals surface area contributed by atoms with E-state index < -0.39 is 0 Å². The Morgan fingerprint density at radius 2 is 2.12 bits per heavy atom. The van der Waals surface area contributed by atoms with Gasteiger partial charge in [0.1, 0.15) is 11.9 Å². The normalized spacial score (nSPS) is 21.0. The van der Waals surface area contributed by atoms with Gasteiger partial charge in [-0.2, -0.15) is 0 Å². The Hall–Kier alpha value is -1.16. The molecule has 92 valence electrons. The monoisotopic (exact) mass is 234 g/mol. The van der Waals surface area contributed by atoms with Crippen LogP contribution in [0.3, 0.4) is 0 Å². The maximum absolute atomic E-state index is 12.0. The Morgan fingerprint density at radius 3 is 2.82 bits per heavy atom. The number of fused-ring (bicyclic) bond motifs is 1. The summed E-state index contributed by atoms with van der Waals surface area (Å²) in [5, 5.41) is 0. The molecule has 2 aliphatic rings. The minimum absolute atomic E-state index is 0.0186. The van der Waals surface area contributed by atoms with Gasteiger partial charge in [-0.05, 0) is 44.4 Å². The summed E-state index contributed by atoms with van der Waals surface area (Å²) in [4.78, 5) is 19.5. The number of rotatable bonds is 3. The first-order valence-electron chi connectivity index (χ1n) is 6.44. The summed E-state index contributed by atoms with van der Waals surface area (Å²) in [6.45, 7) is 0. The van der Waals surface area contributed by atoms with Gasteiger partial charge < -0.3 is 9.72 Å². The van der Waals surface area contributed by atoms with Crippen LogP contribution >= 0.6 is 0 Å². The second-order valence-corrected chi connectivity index (χ2v) is 5.08. The van der Waals surface area contributed by atoms with E-state index in [-0.39, 0.29) is 11.7 Å². The summed E-state index contributed by atoms with van der Waals surface area (Å²) in [6.07, 6.45) is 6.40. The first-order chi connectivity index (χ1) is 8.29. The topological polar surface area (TPSA) is 55.0 Å². The smallest absolute Gasteiger partial charge is 0.254 e. The number of aryl methyl sites for hydroxylation is 1. The quantitative estimate of drug-likeness (QED) is 0.866. The Kier molecular flexibility index (Phi) is 2.74. The van der Waals surface area contributed by atoms with Gasteiger partial charge in [-0.15, -0.1) is 0 Å². The molecule has 0 spiro atoms. The van der Waals surface area contributed by atoms with Crippen molar-refractivity contribution in [1.29, 1.82) is 0 Å². The number of H-pyrrole nitrogens is 1. The third-order valence-electron chi connectivity index (χ3n) is 3.78. The molecule has 0 radical (unpaired) electrons. The lowest BCUT2D eigenvalue weighted by Gasteiger charge is -2.18. The van der Waals surface area contributed by atoms with Gasteiger partial charge in [-0.3, -0.25) is 4.79 Å². The van der Waals surface area contributed by atoms with Gasteiger partial charge in [-0.1, -0.05) is 0 Å². The molecule has 1 atom stereocenters. The van der Waals surface area contributed by atoms with Gasteiger partial charge in [0.25, 0.3) is 5.56 Å². The molecule has 0 bridgehead atoms. The van der Waals surface area contributed by atoms with Gasteiger partial charge >= 0.3 is 0 Å². The Morgan fingerprint density at radius 1 is 1.35 bits per heavy atom. The molecule has 2 aliphatic carbocycles. The van der Waals surface area contributed by atoms with E-state index in [0.29, 0.717) is 5.92 Å². The fourth-order valence-electron chi connectivity index (χ4n) is 2.68. The number of nitrogens with one attached hydrogen (secondary N) is 1. The number of ether oxygens (including phenoxy) is 1. The maximum atomic E-state index is 12.0. The van der Waals surface area contributed by atoms with Crippen molar-refractivity contribution < 1.29 is 4.74 Å². The summed E-state index contributed by atoms with van der Waals surface area (Å²) in [6, 6.07) is 0. The molecule has 1 aromatic heterocycles. The molecule has 3 rings (SSSR count). The number of aromatic nitrogens is 2. The second-order valence-electron chi connectivity index (χ2n) is 5.08. The lowest BCUT2D eigenvalue weighted by Crippen LogP contribution is -2.25. The molecule has 0 saturated heterocycles. The van der Waals surface area contributed by atoms with Crippen LogP contribution in [0.15, 0.2) is 4.79 Å². The van der Waals surface area contributed by atoms with Crippen molar-refractivity contribution in [2.45, 2.75) is 44.6 Å². The minimum atomic E-state index is -0.0186. The number of nitrogens with zero attached hydrogens (tertiary/aromatic N) is 1. The van der Waals surface area contributed by atoms with Crippen molar-refractivity contribution in [3.8, 4) is 0 Å². The van der Waals surface area contributed by atoms with E-state index in [1.54, 1.807) is 7.11 Å². The summed E-state index contributed by atoms with van der Waals surface area (Å²) in [5.41, 5.74) is 1.94. The molecular weight excluding hydrogens is 216 g/mol. The number of hydrogen-bond acceptors (Lipinski definition) is 3. The van der Waals surface area contributed by atoms with Crippen LogP contribution in [0.1, 0.15) is 48.9 Å². The molecule has 1 saturated carbocycles. The second kappa shape index (κ2) is 4.26. The lowest BCUT2D eigenvalue weighted by atomic mass is 9.97. The molecule has 0 aliphatic heterocycles. The summed E-state index contributed by atoms with van der Waals surface area (Å²) >= 11 is 0. The number of methoxy groups -OCH3 is 1. The van der Waals surface area contributed by atoms with Crippen LogP contribution in [0, 0.1) is 5.92 Å². The third-order valence-corrected chi connectivity index (χ3v) is 3.78. The molecule has 4 heteroatoms. The largest absolute Gasteiger partial charge is 0.373 e. The Labute approximate surface area is 100 Å². The zero-order valence-corrected chi connectivity index (χ0v) is 10.2. The Balaban J connectivity index is 2.00. The van der Waals surface area contributed by atoms with Crippen molar-refractivity contribution in [3.05, 3.63) is 27.4 Å². The van der Waals surface area contributed by atoms with Crippen LogP contribution in [0.4, 0.5) is 0 Å². The van der Waals surface area contributed by atoms with E-state index in [1.165, 1.54) is 12.8 Å². The van der Waals surface area contributed by atoms with Crippen LogP contribution in [-0.2, 0) is 17.6 Å². The fourth-order valence-corrected chi connectivity index (χ4v) is 2.68. The Bertz CT molecular complexity index is 477. The average Bonchev–Trinajstić information content (AvgIpc) is 3.15. The van der Waals surface area contributed by atoms with Crippen LogP contribution in [0.25, 0.3) is 0 Å². The highest BCUT2D eigenvalue weighted by atomic mass is 16.5. The van der Waals surface area contributed by atoms with E-state index in [0.717, 1.165) is 42.8 Å². The lowest BCUT2D eigenvalue weighted by molar-refractivity contribution is 0.0767. The van der Waals surface area contributed by atoms with E-state index in [4.69, 9.17) is 4.74 Å². The predicted octanol–water partition coefficient (Wildman–Crippen LogP) is 1.75. The van der Waals surface area contributed by atoms with Crippen LogP contribution in [-0.4, -0.2) is 17.1 Å². The van der Waals surface area contributed by atoms with Gasteiger partial charge in [0.15, 0.2) is 0 Å². The van der Waals surface area contributed by atoms with Crippen molar-refractivity contribution in [3.63, 3.8) is 0 Å². The molecule has 1 heterocycles. The highest BCUT2D eigenvalue weighted by Crippen LogP contribution is 2.41. The van der Waals surface area contributed by atoms with E-state index in [2.05, 4.69) is 9.97 Å². The van der Waals surface area contributed by atoms with Crippen LogP contribution < -0.4 is 5.56 Å². The van der Waals surface area contributed by atoms with E-state index in [1.807, 2.05) is 0 Å². The van der Waals surface area contributed by atoms with E-state index in [9.17, 15) is 4.79 Å². The highest BCUT2D eigenvalue weighted by molar-refractivity contribution is 5.21. The van der Waals surface area contributed by atoms with Gasteiger partial charge in [-0.25, -0.2) is 4.98 Å². The summed E-state index contributed by atoms with van der Waals surface area (Å²) < 4.78 is 5.47. The van der Waals surface area contributed by atoms with Crippen LogP contribution in [0.5, 0.6) is 0 Å². The molecule has 1 aromatic rings. The van der Waals surface area contributed by atoms with Gasteiger partial charge in [0.2, 0.25) is 0 Å². The van der Waals surface area contributed by atoms with Crippen molar-refractivity contribution in [2.24, 2.45) is 5.92 Å². The molecule has 4 nitrogen and oxygen atoms in total. The van der Waals surface area contributed by atoms with Gasteiger partial charge in [0, 0.05) is 12.7 Å². The fraction of sp³-hybridized carbons (Fsp3) is 0.692. The molecule has 17 heavy (non-hydrogen) atoms. The molecule has 0 amide bonds. The van der Waals surface area contributed by atoms with Crippen LogP contribution in [0.2, 0.25) is 0 Å². The first-order valence-corrected chi connectivity index (χ1v) is 6.44. The predicted molar refractivity (Wildman–Crippen MR) is 64.0 cm³/mol. The average molecular weight is 234 g/mol.